The van der Waals surface area contributed by atoms with Gasteiger partial charge in [0.15, 0.2) is 0 Å². The fourth-order valence-electron chi connectivity index (χ4n) is 1.37. The fraction of sp³-hybridized carbons (Fsp3) is 0.909. The van der Waals surface area contributed by atoms with E-state index in [0.717, 1.165) is 4.31 Å². The standard InChI is InChI=1S/C11H23NO5S/c1-5-10(4)12(8-11(13)14)18(15,16)7-6-17-9(2)3/h9-10H,5-8H2,1-4H3,(H,13,14). The molecule has 0 radical (unpaired) electrons. The van der Waals surface area contributed by atoms with Gasteiger partial charge < -0.3 is 9.84 Å². The van der Waals surface area contributed by atoms with Crippen LogP contribution in [0.25, 0.3) is 0 Å². The third kappa shape index (κ3) is 6.32. The first kappa shape index (κ1) is 17.3. The summed E-state index contributed by atoms with van der Waals surface area (Å²) >= 11 is 0. The minimum Gasteiger partial charge on any atom is -0.480 e. The van der Waals surface area contributed by atoms with Gasteiger partial charge in [0.05, 0.1) is 18.5 Å². The van der Waals surface area contributed by atoms with Gasteiger partial charge in [-0.1, -0.05) is 6.92 Å². The van der Waals surface area contributed by atoms with E-state index in [1.165, 1.54) is 0 Å². The molecule has 0 saturated heterocycles. The van der Waals surface area contributed by atoms with Crippen LogP contribution in [0.2, 0.25) is 0 Å². The molecule has 0 aromatic rings. The summed E-state index contributed by atoms with van der Waals surface area (Å²) in [4.78, 5) is 10.7. The number of ether oxygens (including phenoxy) is 1. The Bertz CT molecular complexity index is 352. The van der Waals surface area contributed by atoms with Crippen molar-refractivity contribution in [3.63, 3.8) is 0 Å². The van der Waals surface area contributed by atoms with E-state index in [1.54, 1.807) is 6.92 Å². The van der Waals surface area contributed by atoms with Gasteiger partial charge in [-0.05, 0) is 27.2 Å². The second-order valence-corrected chi connectivity index (χ2v) is 6.47. The monoisotopic (exact) mass is 281 g/mol. The Kier molecular flexibility index (Phi) is 7.42. The van der Waals surface area contributed by atoms with Crippen molar-refractivity contribution in [2.75, 3.05) is 18.9 Å². The smallest absolute Gasteiger partial charge is 0.318 e. The lowest BCUT2D eigenvalue weighted by Gasteiger charge is -2.26. The molecule has 7 heteroatoms. The molecule has 0 fully saturated rings. The van der Waals surface area contributed by atoms with Crippen molar-refractivity contribution in [1.29, 1.82) is 0 Å². The maximum absolute atomic E-state index is 12.0. The first-order valence-electron chi connectivity index (χ1n) is 6.03. The van der Waals surface area contributed by atoms with Gasteiger partial charge in [-0.15, -0.1) is 0 Å². The summed E-state index contributed by atoms with van der Waals surface area (Å²) in [6.07, 6.45) is 0.522. The highest BCUT2D eigenvalue weighted by Gasteiger charge is 2.28. The van der Waals surface area contributed by atoms with Gasteiger partial charge in [0.1, 0.15) is 6.54 Å². The Morgan fingerprint density at radius 3 is 2.28 bits per heavy atom. The van der Waals surface area contributed by atoms with Gasteiger partial charge in [0.25, 0.3) is 0 Å². The number of carbonyl (C=O) groups is 1. The Labute approximate surface area is 109 Å². The molecule has 0 spiro atoms. The second-order valence-electron chi connectivity index (χ2n) is 4.43. The van der Waals surface area contributed by atoms with Gasteiger partial charge in [-0.3, -0.25) is 4.79 Å². The van der Waals surface area contributed by atoms with Crippen LogP contribution >= 0.6 is 0 Å². The van der Waals surface area contributed by atoms with E-state index in [4.69, 9.17) is 9.84 Å². The predicted octanol–water partition coefficient (Wildman–Crippen LogP) is 0.926. The molecule has 1 unspecified atom stereocenters. The molecule has 0 aromatic heterocycles. The largest absolute Gasteiger partial charge is 0.480 e. The van der Waals surface area contributed by atoms with E-state index >= 15 is 0 Å². The Hall–Kier alpha value is -0.660. The molecule has 108 valence electrons. The zero-order chi connectivity index (χ0) is 14.3. The lowest BCUT2D eigenvalue weighted by Crippen LogP contribution is -2.43. The number of hydrogen-bond donors (Lipinski definition) is 1. The molecule has 0 aliphatic heterocycles. The fourth-order valence-corrected chi connectivity index (χ4v) is 2.92. The SMILES string of the molecule is CCC(C)N(CC(=O)O)S(=O)(=O)CCOC(C)C. The average molecular weight is 281 g/mol. The molecule has 0 rings (SSSR count). The van der Waals surface area contributed by atoms with Crippen LogP contribution in [0.5, 0.6) is 0 Å². The highest BCUT2D eigenvalue weighted by atomic mass is 32.2. The molecule has 0 heterocycles. The molecular weight excluding hydrogens is 258 g/mol. The molecule has 18 heavy (non-hydrogen) atoms. The maximum atomic E-state index is 12.0. The summed E-state index contributed by atoms with van der Waals surface area (Å²) in [5, 5.41) is 8.77. The first-order chi connectivity index (χ1) is 8.20. The summed E-state index contributed by atoms with van der Waals surface area (Å²) in [5.74, 6) is -1.34. The van der Waals surface area contributed by atoms with Crippen LogP contribution in [-0.2, 0) is 19.6 Å². The zero-order valence-electron chi connectivity index (χ0n) is 11.4. The highest BCUT2D eigenvalue weighted by Crippen LogP contribution is 2.11. The van der Waals surface area contributed by atoms with Crippen LogP contribution in [0, 0.1) is 0 Å². The molecule has 0 aliphatic rings. The van der Waals surface area contributed by atoms with Gasteiger partial charge in [0.2, 0.25) is 10.0 Å². The Balaban J connectivity index is 4.69. The summed E-state index contributed by atoms with van der Waals surface area (Å²) in [6, 6.07) is -0.329. The van der Waals surface area contributed by atoms with Crippen LogP contribution in [-0.4, -0.2) is 54.8 Å². The topological polar surface area (TPSA) is 83.9 Å². The second kappa shape index (κ2) is 7.70. The highest BCUT2D eigenvalue weighted by molar-refractivity contribution is 7.89. The van der Waals surface area contributed by atoms with Crippen molar-refractivity contribution in [1.82, 2.24) is 4.31 Å². The molecule has 0 saturated carbocycles. The number of aliphatic carboxylic acids is 1. The normalized spacial score (nSPS) is 14.1. The number of carboxylic acids is 1. The lowest BCUT2D eigenvalue weighted by atomic mass is 10.2. The molecule has 0 aliphatic carbocycles. The average Bonchev–Trinajstić information content (AvgIpc) is 2.23. The molecule has 0 bridgehead atoms. The Morgan fingerprint density at radius 2 is 1.89 bits per heavy atom. The van der Waals surface area contributed by atoms with E-state index in [0.29, 0.717) is 6.42 Å². The minimum absolute atomic E-state index is 0.0447. The summed E-state index contributed by atoms with van der Waals surface area (Å²) < 4.78 is 30.3. The molecule has 1 atom stereocenters. The predicted molar refractivity (Wildman–Crippen MR) is 69.0 cm³/mol. The first-order valence-corrected chi connectivity index (χ1v) is 7.64. The summed E-state index contributed by atoms with van der Waals surface area (Å²) in [7, 11) is -3.60. The van der Waals surface area contributed by atoms with Crippen LogP contribution in [0.15, 0.2) is 0 Å². The number of carboxylic acid groups (broad SMARTS) is 1. The van der Waals surface area contributed by atoms with E-state index in [1.807, 2.05) is 20.8 Å². The number of rotatable bonds is 9. The summed E-state index contributed by atoms with van der Waals surface area (Å²) in [5.41, 5.74) is 0. The van der Waals surface area contributed by atoms with Crippen LogP contribution in [0.1, 0.15) is 34.1 Å². The van der Waals surface area contributed by atoms with Crippen molar-refractivity contribution in [2.45, 2.75) is 46.3 Å². The molecule has 1 N–H and O–H groups in total. The van der Waals surface area contributed by atoms with Gasteiger partial charge in [0, 0.05) is 6.04 Å². The van der Waals surface area contributed by atoms with Crippen molar-refractivity contribution in [2.24, 2.45) is 0 Å². The van der Waals surface area contributed by atoms with Crippen molar-refractivity contribution < 1.29 is 23.1 Å². The zero-order valence-corrected chi connectivity index (χ0v) is 12.2. The van der Waals surface area contributed by atoms with Crippen LogP contribution < -0.4 is 0 Å². The number of sulfonamides is 1. The van der Waals surface area contributed by atoms with Crippen molar-refractivity contribution >= 4 is 16.0 Å². The van der Waals surface area contributed by atoms with E-state index in [-0.39, 0.29) is 24.5 Å². The molecule has 0 amide bonds. The van der Waals surface area contributed by atoms with Gasteiger partial charge >= 0.3 is 5.97 Å². The molecule has 0 aromatic carbocycles. The van der Waals surface area contributed by atoms with E-state index in [9.17, 15) is 13.2 Å². The minimum atomic E-state index is -3.60. The number of nitrogens with zero attached hydrogens (tertiary/aromatic N) is 1. The summed E-state index contributed by atoms with van der Waals surface area (Å²) in [6.45, 7) is 6.72. The van der Waals surface area contributed by atoms with Crippen LogP contribution in [0.3, 0.4) is 0 Å². The van der Waals surface area contributed by atoms with Crippen molar-refractivity contribution in [3.05, 3.63) is 0 Å². The van der Waals surface area contributed by atoms with Crippen LogP contribution in [0.4, 0.5) is 0 Å². The van der Waals surface area contributed by atoms with Gasteiger partial charge in [-0.25, -0.2) is 8.42 Å². The maximum Gasteiger partial charge on any atom is 0.318 e. The van der Waals surface area contributed by atoms with Gasteiger partial charge in [-0.2, -0.15) is 4.31 Å². The molecular formula is C11H23NO5S. The third-order valence-electron chi connectivity index (χ3n) is 2.52. The van der Waals surface area contributed by atoms with Crippen molar-refractivity contribution in [3.8, 4) is 0 Å². The Morgan fingerprint density at radius 1 is 1.33 bits per heavy atom. The van der Waals surface area contributed by atoms with E-state index < -0.39 is 22.5 Å². The van der Waals surface area contributed by atoms with E-state index in [2.05, 4.69) is 0 Å². The number of hydrogen-bond acceptors (Lipinski definition) is 4. The lowest BCUT2D eigenvalue weighted by molar-refractivity contribution is -0.137. The molecule has 6 nitrogen and oxygen atoms in total. The third-order valence-corrected chi connectivity index (χ3v) is 4.41. The quantitative estimate of drug-likeness (QED) is 0.679.